The minimum atomic E-state index is -0.229. The summed E-state index contributed by atoms with van der Waals surface area (Å²) in [5.74, 6) is 1.29. The van der Waals surface area contributed by atoms with Crippen molar-refractivity contribution in [3.8, 4) is 11.5 Å². The van der Waals surface area contributed by atoms with Crippen LogP contribution >= 0.6 is 23.2 Å². The average molecular weight is 444 g/mol. The fourth-order valence-corrected chi connectivity index (χ4v) is 3.47. The van der Waals surface area contributed by atoms with Crippen molar-refractivity contribution in [3.05, 3.63) is 86.3 Å². The zero-order chi connectivity index (χ0) is 21.1. The summed E-state index contributed by atoms with van der Waals surface area (Å²) < 4.78 is 11.6. The van der Waals surface area contributed by atoms with Crippen molar-refractivity contribution in [2.24, 2.45) is 0 Å². The quantitative estimate of drug-likeness (QED) is 0.359. The van der Waals surface area contributed by atoms with E-state index in [0.29, 0.717) is 34.7 Å². The summed E-state index contributed by atoms with van der Waals surface area (Å²) in [4.78, 5) is 16.9. The molecule has 3 N–H and O–H groups in total. The molecule has 0 unspecified atom stereocenters. The lowest BCUT2D eigenvalue weighted by Gasteiger charge is -2.16. The van der Waals surface area contributed by atoms with Gasteiger partial charge in [0.2, 0.25) is 0 Å². The van der Waals surface area contributed by atoms with E-state index in [1.165, 1.54) is 0 Å². The minimum absolute atomic E-state index is 0.229. The third kappa shape index (κ3) is 4.40. The molecule has 8 heteroatoms. The smallest absolute Gasteiger partial charge is 0.323 e. The number of ether oxygens (including phenoxy) is 2. The second kappa shape index (κ2) is 8.73. The Kier molecular flexibility index (Phi) is 5.88. The summed E-state index contributed by atoms with van der Waals surface area (Å²) in [5, 5.41) is 4.35. The number of aromatic nitrogens is 2. The summed E-state index contributed by atoms with van der Waals surface area (Å²) in [6.45, 7) is 0.828. The first kappa shape index (κ1) is 20.2. The zero-order valence-corrected chi connectivity index (χ0v) is 17.6. The Morgan fingerprint density at radius 1 is 0.967 bits per heavy atom. The highest BCUT2D eigenvalue weighted by Crippen LogP contribution is 2.33. The molecule has 30 heavy (non-hydrogen) atoms. The molecule has 0 bridgehead atoms. The van der Waals surface area contributed by atoms with Gasteiger partial charge < -0.3 is 24.8 Å². The van der Waals surface area contributed by atoms with Crippen LogP contribution in [0.1, 0.15) is 11.1 Å². The van der Waals surface area contributed by atoms with E-state index in [4.69, 9.17) is 32.7 Å². The van der Waals surface area contributed by atoms with Gasteiger partial charge in [0, 0.05) is 17.8 Å². The van der Waals surface area contributed by atoms with Gasteiger partial charge in [-0.3, -0.25) is 0 Å². The first-order chi connectivity index (χ1) is 14.5. The van der Waals surface area contributed by atoms with Crippen LogP contribution in [0.4, 0.5) is 5.69 Å². The van der Waals surface area contributed by atoms with Crippen molar-refractivity contribution >= 4 is 39.9 Å². The first-order valence-corrected chi connectivity index (χ1v) is 9.97. The molecule has 154 valence electrons. The highest BCUT2D eigenvalue weighted by atomic mass is 35.5. The van der Waals surface area contributed by atoms with Crippen LogP contribution in [0.15, 0.2) is 59.4 Å². The van der Waals surface area contributed by atoms with Crippen molar-refractivity contribution in [2.45, 2.75) is 13.2 Å². The van der Waals surface area contributed by atoms with E-state index < -0.39 is 0 Å². The number of benzene rings is 3. The summed E-state index contributed by atoms with van der Waals surface area (Å²) in [5.41, 5.74) is 3.97. The van der Waals surface area contributed by atoms with Crippen LogP contribution < -0.4 is 20.5 Å². The van der Waals surface area contributed by atoms with Crippen molar-refractivity contribution in [3.63, 3.8) is 0 Å². The van der Waals surface area contributed by atoms with Crippen molar-refractivity contribution in [2.75, 3.05) is 12.4 Å². The summed E-state index contributed by atoms with van der Waals surface area (Å²) in [7, 11) is 1.61. The van der Waals surface area contributed by atoms with E-state index in [2.05, 4.69) is 15.3 Å². The van der Waals surface area contributed by atoms with E-state index in [0.717, 1.165) is 27.8 Å². The minimum Gasteiger partial charge on any atom is -0.493 e. The number of imidazole rings is 1. The van der Waals surface area contributed by atoms with Crippen LogP contribution in [0.5, 0.6) is 11.5 Å². The van der Waals surface area contributed by atoms with Crippen molar-refractivity contribution in [1.82, 2.24) is 9.97 Å². The maximum atomic E-state index is 11.4. The van der Waals surface area contributed by atoms with Gasteiger partial charge >= 0.3 is 5.69 Å². The third-order valence-corrected chi connectivity index (χ3v) is 5.39. The number of rotatable bonds is 7. The maximum Gasteiger partial charge on any atom is 0.323 e. The van der Waals surface area contributed by atoms with Crippen molar-refractivity contribution in [1.29, 1.82) is 0 Å². The molecular formula is C22H19Cl2N3O3. The molecule has 4 aromatic rings. The van der Waals surface area contributed by atoms with E-state index >= 15 is 0 Å². The van der Waals surface area contributed by atoms with Gasteiger partial charge in [-0.1, -0.05) is 41.4 Å². The van der Waals surface area contributed by atoms with Gasteiger partial charge in [-0.05, 0) is 42.0 Å². The molecule has 4 rings (SSSR count). The number of methoxy groups -OCH3 is 1. The van der Waals surface area contributed by atoms with Crippen LogP contribution in [-0.2, 0) is 13.2 Å². The maximum absolute atomic E-state index is 11.4. The van der Waals surface area contributed by atoms with Crippen LogP contribution in [0.3, 0.4) is 0 Å². The SMILES string of the molecule is COc1cccc(CNc2ccc3[nH]c(=O)[nH]c3c2)c1OCc1ccc(Cl)c(Cl)c1. The van der Waals surface area contributed by atoms with Gasteiger partial charge in [0.05, 0.1) is 28.2 Å². The topological polar surface area (TPSA) is 79.1 Å². The lowest BCUT2D eigenvalue weighted by atomic mass is 10.1. The first-order valence-electron chi connectivity index (χ1n) is 9.22. The summed E-state index contributed by atoms with van der Waals surface area (Å²) >= 11 is 12.1. The predicted octanol–water partition coefficient (Wildman–Crippen LogP) is 5.36. The molecule has 0 aliphatic carbocycles. The van der Waals surface area contributed by atoms with E-state index in [1.54, 1.807) is 19.2 Å². The molecule has 0 atom stereocenters. The molecule has 0 saturated carbocycles. The number of aromatic amines is 2. The van der Waals surface area contributed by atoms with E-state index in [9.17, 15) is 4.79 Å². The average Bonchev–Trinajstić information content (AvgIpc) is 3.12. The van der Waals surface area contributed by atoms with Gasteiger partial charge in [0.25, 0.3) is 0 Å². The van der Waals surface area contributed by atoms with E-state index in [-0.39, 0.29) is 5.69 Å². The van der Waals surface area contributed by atoms with Crippen LogP contribution in [0.25, 0.3) is 11.0 Å². The molecule has 0 aliphatic rings. The molecule has 1 aromatic heterocycles. The summed E-state index contributed by atoms with van der Waals surface area (Å²) in [6.07, 6.45) is 0. The zero-order valence-electron chi connectivity index (χ0n) is 16.1. The Hall–Kier alpha value is -3.09. The summed E-state index contributed by atoms with van der Waals surface area (Å²) in [6, 6.07) is 16.8. The van der Waals surface area contributed by atoms with Crippen LogP contribution in [-0.4, -0.2) is 17.1 Å². The lowest BCUT2D eigenvalue weighted by molar-refractivity contribution is 0.281. The van der Waals surface area contributed by atoms with Gasteiger partial charge in [-0.25, -0.2) is 4.79 Å². The standard InChI is InChI=1S/C22H19Cl2N3O3/c1-29-20-4-2-3-14(21(20)30-12-13-5-7-16(23)17(24)9-13)11-25-15-6-8-18-19(10-15)27-22(28)26-18/h2-10,25H,11-12H2,1H3,(H2,26,27,28). The van der Waals surface area contributed by atoms with Crippen LogP contribution in [0, 0.1) is 0 Å². The molecule has 6 nitrogen and oxygen atoms in total. The molecule has 0 spiro atoms. The number of anilines is 1. The Morgan fingerprint density at radius 3 is 2.60 bits per heavy atom. The molecule has 3 aromatic carbocycles. The molecule has 0 radical (unpaired) electrons. The van der Waals surface area contributed by atoms with Crippen molar-refractivity contribution < 1.29 is 9.47 Å². The number of para-hydroxylation sites is 1. The Morgan fingerprint density at radius 2 is 1.80 bits per heavy atom. The fraction of sp³-hybridized carbons (Fsp3) is 0.136. The van der Waals surface area contributed by atoms with Gasteiger partial charge in [0.15, 0.2) is 11.5 Å². The Bertz CT molecular complexity index is 1250. The predicted molar refractivity (Wildman–Crippen MR) is 120 cm³/mol. The van der Waals surface area contributed by atoms with E-state index in [1.807, 2.05) is 42.5 Å². The molecule has 0 aliphatic heterocycles. The number of nitrogens with one attached hydrogen (secondary N) is 3. The molecule has 0 fully saturated rings. The lowest BCUT2D eigenvalue weighted by Crippen LogP contribution is -2.05. The third-order valence-electron chi connectivity index (χ3n) is 4.65. The molecule has 0 amide bonds. The largest absolute Gasteiger partial charge is 0.493 e. The fourth-order valence-electron chi connectivity index (χ4n) is 3.15. The monoisotopic (exact) mass is 443 g/mol. The number of hydrogen-bond acceptors (Lipinski definition) is 4. The molecule has 1 heterocycles. The van der Waals surface area contributed by atoms with Crippen LogP contribution in [0.2, 0.25) is 10.0 Å². The highest BCUT2D eigenvalue weighted by molar-refractivity contribution is 6.42. The number of fused-ring (bicyclic) bond motifs is 1. The number of H-pyrrole nitrogens is 2. The second-order valence-corrected chi connectivity index (χ2v) is 7.49. The second-order valence-electron chi connectivity index (χ2n) is 6.68. The Labute approximate surface area is 182 Å². The van der Waals surface area contributed by atoms with Gasteiger partial charge in [-0.2, -0.15) is 0 Å². The molecule has 0 saturated heterocycles. The van der Waals surface area contributed by atoms with Gasteiger partial charge in [-0.15, -0.1) is 0 Å². The normalized spacial score (nSPS) is 10.9. The number of hydrogen-bond donors (Lipinski definition) is 3. The number of halogens is 2. The molecular weight excluding hydrogens is 425 g/mol. The van der Waals surface area contributed by atoms with Gasteiger partial charge in [0.1, 0.15) is 6.61 Å². The highest BCUT2D eigenvalue weighted by Gasteiger charge is 2.12. The Balaban J connectivity index is 1.53.